The molecule has 0 saturated heterocycles. The fraction of sp³-hybridized carbons (Fsp3) is 0.118. The zero-order valence-corrected chi connectivity index (χ0v) is 13.4. The van der Waals surface area contributed by atoms with Gasteiger partial charge in [0.25, 0.3) is 0 Å². The number of hydrogen-bond donors (Lipinski definition) is 0. The van der Waals surface area contributed by atoms with Crippen molar-refractivity contribution in [1.82, 2.24) is 0 Å². The molecule has 24 heavy (non-hydrogen) atoms. The summed E-state index contributed by atoms with van der Waals surface area (Å²) < 4.78 is 56.4. The van der Waals surface area contributed by atoms with Crippen LogP contribution in [-0.2, 0) is 19.4 Å². The molecule has 1 aliphatic heterocycles. The van der Waals surface area contributed by atoms with Gasteiger partial charge < -0.3 is 4.74 Å². The fourth-order valence-corrected chi connectivity index (χ4v) is 3.29. The highest BCUT2D eigenvalue weighted by Crippen LogP contribution is 2.35. The average Bonchev–Trinajstić information content (AvgIpc) is 2.90. The molecule has 0 spiro atoms. The van der Waals surface area contributed by atoms with Gasteiger partial charge in [0, 0.05) is 17.4 Å². The van der Waals surface area contributed by atoms with E-state index in [0.29, 0.717) is 11.6 Å². The Morgan fingerprint density at radius 3 is 2.33 bits per heavy atom. The Bertz CT molecular complexity index is 964. The summed E-state index contributed by atoms with van der Waals surface area (Å²) >= 11 is 0. The molecule has 0 bridgehead atoms. The zero-order chi connectivity index (χ0) is 17.5. The Labute approximate surface area is 137 Å². The van der Waals surface area contributed by atoms with Gasteiger partial charge in [-0.25, -0.2) is 22.0 Å². The van der Waals surface area contributed by atoms with Gasteiger partial charge in [-0.15, -0.1) is 0 Å². The van der Waals surface area contributed by atoms with E-state index in [1.165, 1.54) is 0 Å². The normalized spacial score (nSPS) is 14.9. The van der Waals surface area contributed by atoms with Crippen molar-refractivity contribution >= 4 is 27.0 Å². The maximum atomic E-state index is 14.4. The topological polar surface area (TPSA) is 60.4 Å². The Morgan fingerprint density at radius 2 is 1.71 bits per heavy atom. The molecule has 0 amide bonds. The first kappa shape index (κ1) is 16.3. The highest BCUT2D eigenvalue weighted by Gasteiger charge is 2.30. The van der Waals surface area contributed by atoms with Gasteiger partial charge in [-0.1, -0.05) is 30.3 Å². The first-order chi connectivity index (χ1) is 11.3. The minimum absolute atomic E-state index is 0.140. The number of sulfone groups is 1. The van der Waals surface area contributed by atoms with Crippen LogP contribution < -0.4 is 0 Å². The molecule has 0 aliphatic carbocycles. The molecule has 3 rings (SSSR count). The standard InChI is InChI=1S/C17H12F2O4S/c1-24(21,22)15-8-13(18)11(7-14(15)19)12-9-23-17(20)16(12)10-5-3-2-4-6-10/h2-8H,9H2,1H3. The summed E-state index contributed by atoms with van der Waals surface area (Å²) in [7, 11) is -3.90. The van der Waals surface area contributed by atoms with E-state index in [4.69, 9.17) is 4.74 Å². The highest BCUT2D eigenvalue weighted by molar-refractivity contribution is 7.90. The SMILES string of the molecule is CS(=O)(=O)c1cc(F)c(C2=C(c3ccccc3)C(=O)OC2)cc1F. The van der Waals surface area contributed by atoms with Crippen molar-refractivity contribution in [2.45, 2.75) is 4.90 Å². The van der Waals surface area contributed by atoms with Crippen LogP contribution in [0.5, 0.6) is 0 Å². The summed E-state index contributed by atoms with van der Waals surface area (Å²) in [5.74, 6) is -2.64. The van der Waals surface area contributed by atoms with Gasteiger partial charge in [0.2, 0.25) is 0 Å². The third-order valence-electron chi connectivity index (χ3n) is 3.66. The molecule has 4 nitrogen and oxygen atoms in total. The van der Waals surface area contributed by atoms with Gasteiger partial charge in [-0.05, 0) is 17.7 Å². The van der Waals surface area contributed by atoms with Crippen LogP contribution >= 0.6 is 0 Å². The first-order valence-electron chi connectivity index (χ1n) is 6.94. The van der Waals surface area contributed by atoms with Crippen molar-refractivity contribution in [3.63, 3.8) is 0 Å². The van der Waals surface area contributed by atoms with E-state index >= 15 is 0 Å². The lowest BCUT2D eigenvalue weighted by Crippen LogP contribution is -2.04. The van der Waals surface area contributed by atoms with E-state index in [-0.39, 0.29) is 23.3 Å². The van der Waals surface area contributed by atoms with Gasteiger partial charge in [0.15, 0.2) is 9.84 Å². The summed E-state index contributed by atoms with van der Waals surface area (Å²) in [5.41, 5.74) is 0.648. The molecule has 2 aromatic carbocycles. The summed E-state index contributed by atoms with van der Waals surface area (Å²) in [6.45, 7) is -0.211. The summed E-state index contributed by atoms with van der Waals surface area (Å²) in [5, 5.41) is 0. The Kier molecular flexibility index (Phi) is 3.96. The molecule has 0 aromatic heterocycles. The second-order valence-corrected chi connectivity index (χ2v) is 7.31. The van der Waals surface area contributed by atoms with Gasteiger partial charge >= 0.3 is 5.97 Å². The molecule has 0 radical (unpaired) electrons. The van der Waals surface area contributed by atoms with Crippen molar-refractivity contribution < 1.29 is 26.7 Å². The Morgan fingerprint density at radius 1 is 1.04 bits per heavy atom. The first-order valence-corrected chi connectivity index (χ1v) is 8.83. The summed E-state index contributed by atoms with van der Waals surface area (Å²) in [6.07, 6.45) is 0.793. The lowest BCUT2D eigenvalue weighted by atomic mass is 9.96. The van der Waals surface area contributed by atoms with Crippen LogP contribution in [0.4, 0.5) is 8.78 Å². The van der Waals surface area contributed by atoms with Gasteiger partial charge in [0.05, 0.1) is 5.57 Å². The van der Waals surface area contributed by atoms with E-state index in [2.05, 4.69) is 0 Å². The number of esters is 1. The van der Waals surface area contributed by atoms with Crippen molar-refractivity contribution in [2.75, 3.05) is 12.9 Å². The second-order valence-electron chi connectivity index (χ2n) is 5.33. The molecule has 124 valence electrons. The summed E-state index contributed by atoms with van der Waals surface area (Å²) in [6, 6.07) is 9.88. The molecular weight excluding hydrogens is 338 g/mol. The molecule has 1 aliphatic rings. The van der Waals surface area contributed by atoms with Crippen molar-refractivity contribution in [1.29, 1.82) is 0 Å². The van der Waals surface area contributed by atoms with E-state index < -0.39 is 32.3 Å². The van der Waals surface area contributed by atoms with Gasteiger partial charge in [-0.3, -0.25) is 0 Å². The zero-order valence-electron chi connectivity index (χ0n) is 12.5. The lowest BCUT2D eigenvalue weighted by Gasteiger charge is -2.09. The second kappa shape index (κ2) is 5.83. The van der Waals surface area contributed by atoms with E-state index in [1.54, 1.807) is 30.3 Å². The van der Waals surface area contributed by atoms with Crippen LogP contribution in [0.2, 0.25) is 0 Å². The molecule has 1 heterocycles. The number of cyclic esters (lactones) is 1. The quantitative estimate of drug-likeness (QED) is 0.799. The van der Waals surface area contributed by atoms with Crippen LogP contribution in [0.1, 0.15) is 11.1 Å². The van der Waals surface area contributed by atoms with Crippen molar-refractivity contribution in [3.05, 3.63) is 65.2 Å². The number of carbonyl (C=O) groups excluding carboxylic acids is 1. The van der Waals surface area contributed by atoms with E-state index in [1.807, 2.05) is 0 Å². The predicted octanol–water partition coefficient (Wildman–Crippen LogP) is 2.84. The Hall–Kier alpha value is -2.54. The lowest BCUT2D eigenvalue weighted by molar-refractivity contribution is -0.133. The van der Waals surface area contributed by atoms with E-state index in [9.17, 15) is 22.0 Å². The van der Waals surface area contributed by atoms with Crippen LogP contribution in [0, 0.1) is 11.6 Å². The molecular formula is C17H12F2O4S. The third-order valence-corrected chi connectivity index (χ3v) is 4.77. The molecule has 0 N–H and O–H groups in total. The molecule has 0 unspecified atom stereocenters. The van der Waals surface area contributed by atoms with Crippen molar-refractivity contribution in [2.24, 2.45) is 0 Å². The maximum absolute atomic E-state index is 14.4. The average molecular weight is 350 g/mol. The maximum Gasteiger partial charge on any atom is 0.339 e. The monoisotopic (exact) mass is 350 g/mol. The van der Waals surface area contributed by atoms with Crippen LogP contribution in [0.3, 0.4) is 0 Å². The smallest absolute Gasteiger partial charge is 0.339 e. The largest absolute Gasteiger partial charge is 0.457 e. The number of halogens is 2. The molecule has 2 aromatic rings. The molecule has 0 atom stereocenters. The predicted molar refractivity (Wildman–Crippen MR) is 83.7 cm³/mol. The Balaban J connectivity index is 2.23. The number of benzene rings is 2. The van der Waals surface area contributed by atoms with Gasteiger partial charge in [-0.2, -0.15) is 0 Å². The third kappa shape index (κ3) is 2.82. The van der Waals surface area contributed by atoms with Crippen molar-refractivity contribution in [3.8, 4) is 0 Å². The number of rotatable bonds is 3. The number of carbonyl (C=O) groups is 1. The van der Waals surface area contributed by atoms with Crippen LogP contribution in [0.25, 0.3) is 11.1 Å². The molecule has 0 fully saturated rings. The minimum Gasteiger partial charge on any atom is -0.457 e. The minimum atomic E-state index is -3.90. The fourth-order valence-electron chi connectivity index (χ4n) is 2.56. The van der Waals surface area contributed by atoms with Crippen LogP contribution in [0.15, 0.2) is 47.4 Å². The number of ether oxygens (including phenoxy) is 1. The van der Waals surface area contributed by atoms with Gasteiger partial charge in [0.1, 0.15) is 23.1 Å². The summed E-state index contributed by atoms with van der Waals surface area (Å²) in [4.78, 5) is 11.3. The number of hydrogen-bond acceptors (Lipinski definition) is 4. The molecule has 7 heteroatoms. The van der Waals surface area contributed by atoms with E-state index in [0.717, 1.165) is 12.3 Å². The highest BCUT2D eigenvalue weighted by atomic mass is 32.2. The molecule has 0 saturated carbocycles. The van der Waals surface area contributed by atoms with Crippen LogP contribution in [-0.4, -0.2) is 27.2 Å².